The first-order valence-corrected chi connectivity index (χ1v) is 7.26. The molecule has 0 saturated carbocycles. The van der Waals surface area contributed by atoms with Gasteiger partial charge in [0.05, 0.1) is 12.5 Å². The van der Waals surface area contributed by atoms with E-state index in [1.54, 1.807) is 6.07 Å². The molecule has 2 heterocycles. The Morgan fingerprint density at radius 3 is 2.91 bits per heavy atom. The van der Waals surface area contributed by atoms with E-state index in [1.165, 1.54) is 7.11 Å². The highest BCUT2D eigenvalue weighted by Gasteiger charge is 2.29. The summed E-state index contributed by atoms with van der Waals surface area (Å²) in [6.07, 6.45) is 1.02. The molecule has 22 heavy (non-hydrogen) atoms. The molecule has 2 atom stereocenters. The van der Waals surface area contributed by atoms with E-state index in [4.69, 9.17) is 9.15 Å². The quantitative estimate of drug-likeness (QED) is 0.906. The summed E-state index contributed by atoms with van der Waals surface area (Å²) in [5.41, 5.74) is 0.606. The predicted octanol–water partition coefficient (Wildman–Crippen LogP) is 1.84. The van der Waals surface area contributed by atoms with Crippen LogP contribution in [0.1, 0.15) is 30.3 Å². The molecular formula is C16H18N2O4. The van der Waals surface area contributed by atoms with Crippen LogP contribution in [0.2, 0.25) is 0 Å². The Balaban J connectivity index is 1.84. The summed E-state index contributed by atoms with van der Waals surface area (Å²) in [7, 11) is 1.51. The molecule has 2 unspecified atom stereocenters. The fourth-order valence-corrected chi connectivity index (χ4v) is 2.77. The lowest BCUT2D eigenvalue weighted by Gasteiger charge is -2.29. The second kappa shape index (κ2) is 5.71. The number of nitrogens with one attached hydrogen (secondary N) is 2. The van der Waals surface area contributed by atoms with Gasteiger partial charge in [-0.1, -0.05) is 12.1 Å². The molecule has 1 fully saturated rings. The molecular weight excluding hydrogens is 284 g/mol. The molecule has 2 amide bonds. The van der Waals surface area contributed by atoms with Crippen LogP contribution >= 0.6 is 0 Å². The van der Waals surface area contributed by atoms with Crippen molar-refractivity contribution in [2.75, 3.05) is 7.11 Å². The van der Waals surface area contributed by atoms with Crippen LogP contribution < -0.4 is 15.4 Å². The van der Waals surface area contributed by atoms with Crippen LogP contribution in [0.4, 0.5) is 0 Å². The van der Waals surface area contributed by atoms with Crippen molar-refractivity contribution < 1.29 is 18.7 Å². The largest absolute Gasteiger partial charge is 0.492 e. The number of ether oxygens (including phenoxy) is 1. The van der Waals surface area contributed by atoms with Crippen LogP contribution in [-0.4, -0.2) is 31.0 Å². The molecule has 2 N–H and O–H groups in total. The maximum Gasteiger partial charge on any atom is 0.291 e. The summed E-state index contributed by atoms with van der Waals surface area (Å²) in [4.78, 5) is 23.8. The van der Waals surface area contributed by atoms with Crippen molar-refractivity contribution in [1.82, 2.24) is 10.6 Å². The van der Waals surface area contributed by atoms with Crippen molar-refractivity contribution in [3.63, 3.8) is 0 Å². The number of amides is 2. The second-order valence-corrected chi connectivity index (χ2v) is 5.44. The molecule has 1 aromatic carbocycles. The number of methoxy groups -OCH3 is 1. The molecule has 6 nitrogen and oxygen atoms in total. The van der Waals surface area contributed by atoms with Crippen LogP contribution in [0.5, 0.6) is 5.75 Å². The third kappa shape index (κ3) is 2.52. The third-order valence-corrected chi connectivity index (χ3v) is 3.95. The molecule has 0 bridgehead atoms. The van der Waals surface area contributed by atoms with Gasteiger partial charge in [0.25, 0.3) is 5.91 Å². The average Bonchev–Trinajstić information content (AvgIpc) is 2.88. The van der Waals surface area contributed by atoms with E-state index in [9.17, 15) is 9.59 Å². The van der Waals surface area contributed by atoms with Crippen molar-refractivity contribution in [3.05, 3.63) is 30.0 Å². The molecule has 116 valence electrons. The number of benzene rings is 1. The van der Waals surface area contributed by atoms with Crippen LogP contribution in [0.25, 0.3) is 11.0 Å². The maximum atomic E-state index is 12.5. The van der Waals surface area contributed by atoms with Gasteiger partial charge in [0.2, 0.25) is 11.7 Å². The van der Waals surface area contributed by atoms with Crippen molar-refractivity contribution >= 4 is 22.8 Å². The Labute approximate surface area is 127 Å². The summed E-state index contributed by atoms with van der Waals surface area (Å²) in [6, 6.07) is 7.10. The van der Waals surface area contributed by atoms with Gasteiger partial charge in [-0.2, -0.15) is 0 Å². The minimum Gasteiger partial charge on any atom is -0.492 e. The highest BCUT2D eigenvalue weighted by molar-refractivity contribution is 6.01. The van der Waals surface area contributed by atoms with E-state index in [-0.39, 0.29) is 29.7 Å². The minimum absolute atomic E-state index is 0.0133. The Morgan fingerprint density at radius 1 is 1.41 bits per heavy atom. The van der Waals surface area contributed by atoms with E-state index in [0.29, 0.717) is 24.2 Å². The van der Waals surface area contributed by atoms with Gasteiger partial charge in [0.1, 0.15) is 5.58 Å². The number of hydrogen-bond acceptors (Lipinski definition) is 4. The van der Waals surface area contributed by atoms with Gasteiger partial charge in [-0.15, -0.1) is 0 Å². The van der Waals surface area contributed by atoms with Crippen molar-refractivity contribution in [2.45, 2.75) is 31.8 Å². The SMILES string of the molecule is COc1c(C(=O)NC2CCC(=O)NC2C)oc2ccccc12. The molecule has 3 rings (SSSR count). The molecule has 0 radical (unpaired) electrons. The van der Waals surface area contributed by atoms with Crippen LogP contribution in [-0.2, 0) is 4.79 Å². The third-order valence-electron chi connectivity index (χ3n) is 3.95. The second-order valence-electron chi connectivity index (χ2n) is 5.44. The standard InChI is InChI=1S/C16H18N2O4/c1-9-11(7-8-13(19)17-9)18-16(20)15-14(21-2)10-5-3-4-6-12(10)22-15/h3-6,9,11H,7-8H2,1-2H3,(H,17,19)(H,18,20). The smallest absolute Gasteiger partial charge is 0.291 e. The van der Waals surface area contributed by atoms with Gasteiger partial charge in [-0.05, 0) is 25.5 Å². The fourth-order valence-electron chi connectivity index (χ4n) is 2.77. The fraction of sp³-hybridized carbons (Fsp3) is 0.375. The van der Waals surface area contributed by atoms with E-state index in [1.807, 2.05) is 25.1 Å². The zero-order valence-corrected chi connectivity index (χ0v) is 12.5. The van der Waals surface area contributed by atoms with Crippen LogP contribution in [0.15, 0.2) is 28.7 Å². The zero-order valence-electron chi connectivity index (χ0n) is 12.5. The van der Waals surface area contributed by atoms with Crippen molar-refractivity contribution in [2.24, 2.45) is 0 Å². The summed E-state index contributed by atoms with van der Waals surface area (Å²) >= 11 is 0. The first-order valence-electron chi connectivity index (χ1n) is 7.26. The molecule has 6 heteroatoms. The van der Waals surface area contributed by atoms with Crippen LogP contribution in [0, 0.1) is 0 Å². The normalized spacial score (nSPS) is 21.5. The van der Waals surface area contributed by atoms with Crippen molar-refractivity contribution in [1.29, 1.82) is 0 Å². The number of carbonyl (C=O) groups excluding carboxylic acids is 2. The number of rotatable bonds is 3. The Morgan fingerprint density at radius 2 is 2.18 bits per heavy atom. The Kier molecular flexibility index (Phi) is 3.75. The minimum atomic E-state index is -0.332. The summed E-state index contributed by atoms with van der Waals surface area (Å²) in [5.74, 6) is 0.272. The first kappa shape index (κ1) is 14.4. The van der Waals surface area contributed by atoms with E-state index < -0.39 is 0 Å². The van der Waals surface area contributed by atoms with Gasteiger partial charge >= 0.3 is 0 Å². The molecule has 1 aromatic heterocycles. The number of fused-ring (bicyclic) bond motifs is 1. The number of carbonyl (C=O) groups is 2. The number of furan rings is 1. The van der Waals surface area contributed by atoms with Crippen LogP contribution in [0.3, 0.4) is 0 Å². The first-order chi connectivity index (χ1) is 10.6. The highest BCUT2D eigenvalue weighted by Crippen LogP contribution is 2.32. The molecule has 1 aliphatic heterocycles. The number of piperidine rings is 1. The lowest BCUT2D eigenvalue weighted by atomic mass is 9.99. The molecule has 2 aromatic rings. The summed E-state index contributed by atoms with van der Waals surface area (Å²) in [6.45, 7) is 1.87. The molecule has 0 aliphatic carbocycles. The maximum absolute atomic E-state index is 12.5. The van der Waals surface area contributed by atoms with Gasteiger partial charge in [0, 0.05) is 18.5 Å². The topological polar surface area (TPSA) is 80.6 Å². The Bertz CT molecular complexity index is 722. The van der Waals surface area contributed by atoms with E-state index in [2.05, 4.69) is 10.6 Å². The molecule has 1 aliphatic rings. The van der Waals surface area contributed by atoms with Gasteiger partial charge in [0.15, 0.2) is 5.75 Å². The monoisotopic (exact) mass is 302 g/mol. The van der Waals surface area contributed by atoms with E-state index in [0.717, 1.165) is 5.39 Å². The Hall–Kier alpha value is -2.50. The number of para-hydroxylation sites is 1. The highest BCUT2D eigenvalue weighted by atomic mass is 16.5. The predicted molar refractivity (Wildman–Crippen MR) is 80.9 cm³/mol. The lowest BCUT2D eigenvalue weighted by molar-refractivity contribution is -0.123. The van der Waals surface area contributed by atoms with Gasteiger partial charge in [-0.25, -0.2) is 0 Å². The lowest BCUT2D eigenvalue weighted by Crippen LogP contribution is -2.53. The number of hydrogen-bond donors (Lipinski definition) is 2. The average molecular weight is 302 g/mol. The van der Waals surface area contributed by atoms with Gasteiger partial charge in [-0.3, -0.25) is 9.59 Å². The van der Waals surface area contributed by atoms with Crippen molar-refractivity contribution in [3.8, 4) is 5.75 Å². The van der Waals surface area contributed by atoms with Gasteiger partial charge < -0.3 is 19.8 Å². The summed E-state index contributed by atoms with van der Waals surface area (Å²) in [5, 5.41) is 6.50. The summed E-state index contributed by atoms with van der Waals surface area (Å²) < 4.78 is 11.0. The molecule has 1 saturated heterocycles. The zero-order chi connectivity index (χ0) is 15.7. The molecule has 0 spiro atoms. The van der Waals surface area contributed by atoms with E-state index >= 15 is 0 Å².